The summed E-state index contributed by atoms with van der Waals surface area (Å²) in [5, 5.41) is 5.96. The number of benzene rings is 1. The van der Waals surface area contributed by atoms with Gasteiger partial charge in [-0.3, -0.25) is 19.5 Å². The Bertz CT molecular complexity index is 782. The molecule has 0 unspecified atom stereocenters. The van der Waals surface area contributed by atoms with E-state index in [1.807, 2.05) is 38.2 Å². The molecule has 1 aromatic heterocycles. The lowest BCUT2D eigenvalue weighted by molar-refractivity contribution is -0.118. The Morgan fingerprint density at radius 2 is 1.82 bits per heavy atom. The van der Waals surface area contributed by atoms with Crippen molar-refractivity contribution in [1.29, 1.82) is 0 Å². The van der Waals surface area contributed by atoms with Crippen LogP contribution in [0.15, 0.2) is 48.7 Å². The van der Waals surface area contributed by atoms with E-state index in [2.05, 4.69) is 20.5 Å². The molecule has 1 aromatic carbocycles. The highest BCUT2D eigenvalue weighted by Crippen LogP contribution is 2.15. The van der Waals surface area contributed by atoms with Crippen LogP contribution >= 0.6 is 0 Å². The number of amides is 2. The maximum Gasteiger partial charge on any atom is 0.251 e. The van der Waals surface area contributed by atoms with E-state index in [1.54, 1.807) is 24.3 Å². The molecule has 2 heterocycles. The van der Waals surface area contributed by atoms with Crippen molar-refractivity contribution in [1.82, 2.24) is 15.2 Å². The summed E-state index contributed by atoms with van der Waals surface area (Å²) in [7, 11) is 0. The Morgan fingerprint density at radius 3 is 2.43 bits per heavy atom. The zero-order valence-electron chi connectivity index (χ0n) is 16.5. The summed E-state index contributed by atoms with van der Waals surface area (Å²) < 4.78 is 0. The highest BCUT2D eigenvalue weighted by molar-refractivity contribution is 5.96. The van der Waals surface area contributed by atoms with Gasteiger partial charge in [0.2, 0.25) is 5.91 Å². The third kappa shape index (κ3) is 5.63. The van der Waals surface area contributed by atoms with E-state index < -0.39 is 0 Å². The number of hydrogen-bond donors (Lipinski definition) is 2. The van der Waals surface area contributed by atoms with Gasteiger partial charge < -0.3 is 10.6 Å². The molecule has 148 valence electrons. The van der Waals surface area contributed by atoms with E-state index in [0.717, 1.165) is 38.2 Å². The summed E-state index contributed by atoms with van der Waals surface area (Å²) in [5.74, 6) is -0.175. The van der Waals surface area contributed by atoms with Crippen molar-refractivity contribution < 1.29 is 9.59 Å². The van der Waals surface area contributed by atoms with Crippen molar-refractivity contribution in [3.63, 3.8) is 0 Å². The monoisotopic (exact) mass is 380 g/mol. The first-order chi connectivity index (χ1) is 13.5. The molecule has 0 bridgehead atoms. The topological polar surface area (TPSA) is 74.3 Å². The number of aromatic nitrogens is 1. The number of pyridine rings is 1. The van der Waals surface area contributed by atoms with E-state index in [4.69, 9.17) is 0 Å². The van der Waals surface area contributed by atoms with Gasteiger partial charge in [0.15, 0.2) is 0 Å². The van der Waals surface area contributed by atoms with Crippen molar-refractivity contribution >= 4 is 17.5 Å². The average Bonchev–Trinajstić information content (AvgIpc) is 2.70. The Labute approximate surface area is 166 Å². The maximum absolute atomic E-state index is 12.5. The average molecular weight is 380 g/mol. The first-order valence-electron chi connectivity index (χ1n) is 9.85. The first kappa shape index (κ1) is 20.0. The fourth-order valence-corrected chi connectivity index (χ4v) is 3.22. The summed E-state index contributed by atoms with van der Waals surface area (Å²) in [4.78, 5) is 31.0. The number of carbonyl (C=O) groups is 2. The molecular formula is C22H28N4O2. The number of piperidine rings is 1. The van der Waals surface area contributed by atoms with Crippen LogP contribution in [0.25, 0.3) is 0 Å². The minimum Gasteiger partial charge on any atom is -0.349 e. The molecule has 0 spiro atoms. The van der Waals surface area contributed by atoms with Gasteiger partial charge in [-0.2, -0.15) is 0 Å². The number of hydrogen-bond acceptors (Lipinski definition) is 4. The molecule has 1 aliphatic rings. The highest BCUT2D eigenvalue weighted by atomic mass is 16.2. The van der Waals surface area contributed by atoms with Crippen LogP contribution in [0.3, 0.4) is 0 Å². The van der Waals surface area contributed by atoms with Crippen molar-refractivity contribution in [3.8, 4) is 0 Å². The Hall–Kier alpha value is -2.73. The molecule has 0 radical (unpaired) electrons. The normalized spacial score (nSPS) is 15.4. The highest BCUT2D eigenvalue weighted by Gasteiger charge is 2.21. The fraction of sp³-hybridized carbons (Fsp3) is 0.409. The Kier molecular flexibility index (Phi) is 6.76. The quantitative estimate of drug-likeness (QED) is 0.808. The third-order valence-corrected chi connectivity index (χ3v) is 4.97. The molecule has 6 heteroatoms. The van der Waals surface area contributed by atoms with Gasteiger partial charge in [0, 0.05) is 49.0 Å². The standard InChI is InChI=1S/C22H28N4O2/c1-16(2)21(27)24-18-8-6-17(7-9-18)22(28)25-19-10-13-26(14-11-19)15-20-5-3-4-12-23-20/h3-9,12,16,19H,10-11,13-15H2,1-2H3,(H,24,27)(H,25,28). The largest absolute Gasteiger partial charge is 0.349 e. The van der Waals surface area contributed by atoms with E-state index in [-0.39, 0.29) is 23.8 Å². The number of rotatable bonds is 6. The van der Waals surface area contributed by atoms with E-state index in [1.165, 1.54) is 0 Å². The van der Waals surface area contributed by atoms with Gasteiger partial charge in [-0.15, -0.1) is 0 Å². The molecular weight excluding hydrogens is 352 g/mol. The van der Waals surface area contributed by atoms with Crippen molar-refractivity contribution in [2.75, 3.05) is 18.4 Å². The van der Waals surface area contributed by atoms with Gasteiger partial charge in [0.1, 0.15) is 0 Å². The molecule has 0 saturated carbocycles. The second kappa shape index (κ2) is 9.46. The van der Waals surface area contributed by atoms with Crippen LogP contribution in [0, 0.1) is 5.92 Å². The maximum atomic E-state index is 12.5. The van der Waals surface area contributed by atoms with Gasteiger partial charge in [0.05, 0.1) is 5.69 Å². The van der Waals surface area contributed by atoms with E-state index in [9.17, 15) is 9.59 Å². The second-order valence-corrected chi connectivity index (χ2v) is 7.57. The minimum absolute atomic E-state index is 0.0327. The lowest BCUT2D eigenvalue weighted by Gasteiger charge is -2.32. The number of nitrogens with zero attached hydrogens (tertiary/aromatic N) is 2. The van der Waals surface area contributed by atoms with Gasteiger partial charge >= 0.3 is 0 Å². The Morgan fingerprint density at radius 1 is 1.11 bits per heavy atom. The Balaban J connectivity index is 1.46. The van der Waals surface area contributed by atoms with Crippen molar-refractivity contribution in [2.24, 2.45) is 5.92 Å². The summed E-state index contributed by atoms with van der Waals surface area (Å²) in [5.41, 5.74) is 2.39. The van der Waals surface area contributed by atoms with Crippen LogP contribution in [0.4, 0.5) is 5.69 Å². The smallest absolute Gasteiger partial charge is 0.251 e. The van der Waals surface area contributed by atoms with Crippen molar-refractivity contribution in [2.45, 2.75) is 39.3 Å². The van der Waals surface area contributed by atoms with Gasteiger partial charge in [0.25, 0.3) is 5.91 Å². The van der Waals surface area contributed by atoms with Crippen LogP contribution in [0.2, 0.25) is 0 Å². The van der Waals surface area contributed by atoms with Crippen molar-refractivity contribution in [3.05, 3.63) is 59.9 Å². The lowest BCUT2D eigenvalue weighted by Crippen LogP contribution is -2.44. The fourth-order valence-electron chi connectivity index (χ4n) is 3.22. The van der Waals surface area contributed by atoms with Crippen LogP contribution in [-0.4, -0.2) is 40.8 Å². The third-order valence-electron chi connectivity index (χ3n) is 4.97. The molecule has 28 heavy (non-hydrogen) atoms. The molecule has 0 atom stereocenters. The SMILES string of the molecule is CC(C)C(=O)Nc1ccc(C(=O)NC2CCN(Cc3ccccn3)CC2)cc1. The summed E-state index contributed by atoms with van der Waals surface area (Å²) in [6.07, 6.45) is 3.68. The van der Waals surface area contributed by atoms with Crippen LogP contribution < -0.4 is 10.6 Å². The summed E-state index contributed by atoms with van der Waals surface area (Å²) >= 11 is 0. The predicted molar refractivity (Wildman–Crippen MR) is 110 cm³/mol. The summed E-state index contributed by atoms with van der Waals surface area (Å²) in [6.45, 7) is 6.44. The van der Waals surface area contributed by atoms with E-state index in [0.29, 0.717) is 11.3 Å². The molecule has 2 N–H and O–H groups in total. The molecule has 1 aliphatic heterocycles. The second-order valence-electron chi connectivity index (χ2n) is 7.57. The number of carbonyl (C=O) groups excluding carboxylic acids is 2. The van der Waals surface area contributed by atoms with E-state index >= 15 is 0 Å². The molecule has 1 saturated heterocycles. The first-order valence-corrected chi connectivity index (χ1v) is 9.85. The molecule has 3 rings (SSSR count). The minimum atomic E-state index is -0.0773. The molecule has 0 aliphatic carbocycles. The molecule has 2 amide bonds. The number of anilines is 1. The van der Waals surface area contributed by atoms with Gasteiger partial charge in [-0.25, -0.2) is 0 Å². The van der Waals surface area contributed by atoms with Gasteiger partial charge in [-0.05, 0) is 49.2 Å². The van der Waals surface area contributed by atoms with Gasteiger partial charge in [-0.1, -0.05) is 19.9 Å². The molecule has 6 nitrogen and oxygen atoms in total. The zero-order chi connectivity index (χ0) is 19.9. The predicted octanol–water partition coefficient (Wildman–Crippen LogP) is 3.07. The molecule has 2 aromatic rings. The lowest BCUT2D eigenvalue weighted by atomic mass is 10.0. The number of likely N-dealkylation sites (tertiary alicyclic amines) is 1. The molecule has 1 fully saturated rings. The zero-order valence-corrected chi connectivity index (χ0v) is 16.5. The van der Waals surface area contributed by atoms with Crippen LogP contribution in [0.5, 0.6) is 0 Å². The summed E-state index contributed by atoms with van der Waals surface area (Å²) in [6, 6.07) is 13.2. The van der Waals surface area contributed by atoms with Crippen LogP contribution in [0.1, 0.15) is 42.7 Å². The van der Waals surface area contributed by atoms with Crippen LogP contribution in [-0.2, 0) is 11.3 Å². The number of nitrogens with one attached hydrogen (secondary N) is 2.